The van der Waals surface area contributed by atoms with E-state index in [4.69, 9.17) is 4.74 Å². The number of carbonyl (C=O) groups excluding carboxylic acids is 1. The van der Waals surface area contributed by atoms with Gasteiger partial charge in [0.1, 0.15) is 10.8 Å². The lowest BCUT2D eigenvalue weighted by Crippen LogP contribution is -2.13. The summed E-state index contributed by atoms with van der Waals surface area (Å²) in [5.74, 6) is 0.308. The number of hydrogen-bond donors (Lipinski definition) is 1. The van der Waals surface area contributed by atoms with Crippen LogP contribution in [0.15, 0.2) is 23.1 Å². The lowest BCUT2D eigenvalue weighted by atomic mass is 10.2. The number of aryl methyl sites for hydroxylation is 1. The summed E-state index contributed by atoms with van der Waals surface area (Å²) < 4.78 is 5.27. The Kier molecular flexibility index (Phi) is 4.97. The normalized spacial score (nSPS) is 10.3. The zero-order chi connectivity index (χ0) is 14.5. The monoisotopic (exact) mass is 309 g/mol. The van der Waals surface area contributed by atoms with Gasteiger partial charge in [-0.1, -0.05) is 18.3 Å². The van der Waals surface area contributed by atoms with E-state index in [2.05, 4.69) is 15.5 Å². The fraction of sp³-hybridized carbons (Fsp3) is 0.308. The first kappa shape index (κ1) is 14.8. The lowest BCUT2D eigenvalue weighted by Gasteiger charge is -2.09. The molecule has 0 saturated heterocycles. The van der Waals surface area contributed by atoms with Gasteiger partial charge in [-0.3, -0.25) is 10.1 Å². The highest BCUT2D eigenvalue weighted by Crippen LogP contribution is 2.26. The van der Waals surface area contributed by atoms with Crippen molar-refractivity contribution in [1.29, 1.82) is 0 Å². The predicted molar refractivity (Wildman–Crippen MR) is 82.0 cm³/mol. The van der Waals surface area contributed by atoms with Crippen LogP contribution in [0.25, 0.3) is 0 Å². The molecule has 7 heteroatoms. The van der Waals surface area contributed by atoms with Crippen LogP contribution in [-0.2, 0) is 6.42 Å². The summed E-state index contributed by atoms with van der Waals surface area (Å²) in [6, 6.07) is 5.48. The number of hydrogen-bond acceptors (Lipinski definition) is 6. The Hall–Kier alpha value is -1.60. The van der Waals surface area contributed by atoms with Crippen molar-refractivity contribution < 1.29 is 9.53 Å². The third-order valence-corrected chi connectivity index (χ3v) is 4.35. The molecule has 0 spiro atoms. The number of benzene rings is 1. The number of nitrogens with zero attached hydrogens (tertiary/aromatic N) is 2. The van der Waals surface area contributed by atoms with Crippen LogP contribution < -0.4 is 10.1 Å². The minimum absolute atomic E-state index is 0.242. The van der Waals surface area contributed by atoms with Crippen LogP contribution >= 0.6 is 23.1 Å². The molecule has 0 aliphatic rings. The van der Waals surface area contributed by atoms with Crippen molar-refractivity contribution in [2.45, 2.75) is 18.2 Å². The van der Waals surface area contributed by atoms with E-state index in [-0.39, 0.29) is 5.91 Å². The largest absolute Gasteiger partial charge is 0.496 e. The zero-order valence-corrected chi connectivity index (χ0v) is 13.1. The number of nitrogens with one attached hydrogen (secondary N) is 1. The maximum atomic E-state index is 12.2. The molecule has 1 amide bonds. The smallest absolute Gasteiger partial charge is 0.261 e. The standard InChI is InChI=1S/C13H15N3O2S2/c1-4-11-15-16-13(20-11)14-12(17)9-6-5-8(19-3)7-10(9)18-2/h5-7H,4H2,1-3H3,(H,14,16,17). The van der Waals surface area contributed by atoms with Gasteiger partial charge >= 0.3 is 0 Å². The SMILES string of the molecule is CCc1nnc(NC(=O)c2ccc(SC)cc2OC)s1. The molecule has 1 aromatic heterocycles. The molecule has 20 heavy (non-hydrogen) atoms. The zero-order valence-electron chi connectivity index (χ0n) is 11.5. The number of carbonyl (C=O) groups is 1. The van der Waals surface area contributed by atoms with Crippen LogP contribution in [0.2, 0.25) is 0 Å². The van der Waals surface area contributed by atoms with Gasteiger partial charge in [-0.2, -0.15) is 0 Å². The van der Waals surface area contributed by atoms with Crippen LogP contribution in [0.3, 0.4) is 0 Å². The fourth-order valence-corrected chi connectivity index (χ4v) is 2.70. The minimum Gasteiger partial charge on any atom is -0.496 e. The highest BCUT2D eigenvalue weighted by molar-refractivity contribution is 7.98. The summed E-state index contributed by atoms with van der Waals surface area (Å²) in [5.41, 5.74) is 0.485. The van der Waals surface area contributed by atoms with Crippen molar-refractivity contribution in [1.82, 2.24) is 10.2 Å². The van der Waals surface area contributed by atoms with E-state index in [1.807, 2.05) is 25.3 Å². The van der Waals surface area contributed by atoms with Crippen LogP contribution in [0.5, 0.6) is 5.75 Å². The van der Waals surface area contributed by atoms with Gasteiger partial charge in [-0.15, -0.1) is 22.0 Å². The van der Waals surface area contributed by atoms with E-state index in [1.165, 1.54) is 11.3 Å². The molecule has 106 valence electrons. The molecule has 1 N–H and O–H groups in total. The first-order chi connectivity index (χ1) is 9.67. The maximum absolute atomic E-state index is 12.2. The Bertz CT molecular complexity index is 613. The van der Waals surface area contributed by atoms with Crippen molar-refractivity contribution in [3.05, 3.63) is 28.8 Å². The van der Waals surface area contributed by atoms with Gasteiger partial charge in [-0.25, -0.2) is 0 Å². The van der Waals surface area contributed by atoms with Crippen LogP contribution in [-0.4, -0.2) is 29.5 Å². The second-order valence-electron chi connectivity index (χ2n) is 3.87. The minimum atomic E-state index is -0.242. The molecule has 5 nitrogen and oxygen atoms in total. The topological polar surface area (TPSA) is 64.1 Å². The third kappa shape index (κ3) is 3.29. The van der Waals surface area contributed by atoms with Gasteiger partial charge in [-0.05, 0) is 30.9 Å². The van der Waals surface area contributed by atoms with E-state index >= 15 is 0 Å². The lowest BCUT2D eigenvalue weighted by molar-refractivity contribution is 0.102. The molecule has 2 rings (SSSR count). The molecule has 0 fully saturated rings. The van der Waals surface area contributed by atoms with Gasteiger partial charge in [0.25, 0.3) is 5.91 Å². The highest BCUT2D eigenvalue weighted by Gasteiger charge is 2.15. The fourth-order valence-electron chi connectivity index (χ4n) is 1.60. The van der Waals surface area contributed by atoms with Gasteiger partial charge in [0.15, 0.2) is 0 Å². The van der Waals surface area contributed by atoms with Crippen molar-refractivity contribution in [2.75, 3.05) is 18.7 Å². The molecular weight excluding hydrogens is 294 g/mol. The average Bonchev–Trinajstić information content (AvgIpc) is 2.94. The molecule has 0 atom stereocenters. The molecule has 1 heterocycles. The second-order valence-corrected chi connectivity index (χ2v) is 5.82. The molecule has 0 radical (unpaired) electrons. The first-order valence-corrected chi connectivity index (χ1v) is 8.07. The summed E-state index contributed by atoms with van der Waals surface area (Å²) in [5, 5.41) is 12.0. The Balaban J connectivity index is 2.20. The van der Waals surface area contributed by atoms with E-state index in [9.17, 15) is 4.79 Å². The maximum Gasteiger partial charge on any atom is 0.261 e. The van der Waals surface area contributed by atoms with Crippen LogP contribution in [0.1, 0.15) is 22.3 Å². The van der Waals surface area contributed by atoms with E-state index in [0.717, 1.165) is 16.3 Å². The summed E-state index contributed by atoms with van der Waals surface area (Å²) in [6.45, 7) is 2.00. The average molecular weight is 309 g/mol. The highest BCUT2D eigenvalue weighted by atomic mass is 32.2. The molecule has 0 aliphatic carbocycles. The number of aromatic nitrogens is 2. The Labute approximate surface area is 125 Å². The van der Waals surface area contributed by atoms with Gasteiger partial charge in [0.2, 0.25) is 5.13 Å². The van der Waals surface area contributed by atoms with Crippen molar-refractivity contribution in [2.24, 2.45) is 0 Å². The van der Waals surface area contributed by atoms with Crippen LogP contribution in [0, 0.1) is 0 Å². The molecule has 0 saturated carbocycles. The molecule has 0 unspecified atom stereocenters. The molecule has 0 aliphatic heterocycles. The Morgan fingerprint density at radius 2 is 2.25 bits per heavy atom. The Morgan fingerprint density at radius 3 is 2.85 bits per heavy atom. The van der Waals surface area contributed by atoms with Crippen molar-refractivity contribution in [3.63, 3.8) is 0 Å². The summed E-state index contributed by atoms with van der Waals surface area (Å²) >= 11 is 2.97. The number of thioether (sulfide) groups is 1. The molecular formula is C13H15N3O2S2. The first-order valence-electron chi connectivity index (χ1n) is 6.03. The van der Waals surface area contributed by atoms with Crippen LogP contribution in [0.4, 0.5) is 5.13 Å². The molecule has 0 bridgehead atoms. The summed E-state index contributed by atoms with van der Waals surface area (Å²) in [4.78, 5) is 13.3. The number of ether oxygens (including phenoxy) is 1. The van der Waals surface area contributed by atoms with Crippen molar-refractivity contribution in [3.8, 4) is 5.75 Å². The van der Waals surface area contributed by atoms with Crippen molar-refractivity contribution >= 4 is 34.1 Å². The molecule has 2 aromatic rings. The van der Waals surface area contributed by atoms with E-state index < -0.39 is 0 Å². The molecule has 1 aromatic carbocycles. The van der Waals surface area contributed by atoms with E-state index in [0.29, 0.717) is 16.4 Å². The Morgan fingerprint density at radius 1 is 1.45 bits per heavy atom. The quantitative estimate of drug-likeness (QED) is 0.860. The number of amides is 1. The second kappa shape index (κ2) is 6.71. The summed E-state index contributed by atoms with van der Waals surface area (Å²) in [7, 11) is 1.55. The van der Waals surface area contributed by atoms with Gasteiger partial charge in [0.05, 0.1) is 12.7 Å². The number of anilines is 1. The van der Waals surface area contributed by atoms with Gasteiger partial charge in [0, 0.05) is 4.90 Å². The predicted octanol–water partition coefficient (Wildman–Crippen LogP) is 3.08. The summed E-state index contributed by atoms with van der Waals surface area (Å²) in [6.07, 6.45) is 2.78. The number of rotatable bonds is 5. The van der Waals surface area contributed by atoms with Gasteiger partial charge < -0.3 is 4.74 Å². The number of methoxy groups -OCH3 is 1. The third-order valence-electron chi connectivity index (χ3n) is 2.64. The van der Waals surface area contributed by atoms with E-state index in [1.54, 1.807) is 24.9 Å².